The zero-order valence-corrected chi connectivity index (χ0v) is 16.8. The van der Waals surface area contributed by atoms with Crippen molar-refractivity contribution in [3.63, 3.8) is 0 Å². The standard InChI is InChI=1S/C22H30N2O4/c1-15-13-24(12-9-18(15)25)20(26)16-7-10-22(11-8-16)14-23(2)21(27)17-5-3-4-6-19(17)28-22/h3-6,15-16,18,25H,7-14H2,1-2H3. The van der Waals surface area contributed by atoms with Gasteiger partial charge in [-0.15, -0.1) is 0 Å². The van der Waals surface area contributed by atoms with E-state index in [1.54, 1.807) is 4.90 Å². The minimum atomic E-state index is -0.417. The summed E-state index contributed by atoms with van der Waals surface area (Å²) in [5, 5.41) is 9.92. The summed E-state index contributed by atoms with van der Waals surface area (Å²) in [5.74, 6) is 1.00. The lowest BCUT2D eigenvalue weighted by molar-refractivity contribution is -0.141. The van der Waals surface area contributed by atoms with Gasteiger partial charge in [0.05, 0.1) is 18.2 Å². The van der Waals surface area contributed by atoms with Crippen LogP contribution in [0.4, 0.5) is 0 Å². The first kappa shape index (κ1) is 19.2. The first-order valence-electron chi connectivity index (χ1n) is 10.4. The van der Waals surface area contributed by atoms with Gasteiger partial charge >= 0.3 is 0 Å². The molecule has 2 heterocycles. The van der Waals surface area contributed by atoms with E-state index >= 15 is 0 Å². The second kappa shape index (κ2) is 7.39. The Morgan fingerprint density at radius 1 is 1.21 bits per heavy atom. The second-order valence-corrected chi connectivity index (χ2v) is 8.83. The number of nitrogens with zero attached hydrogens (tertiary/aromatic N) is 2. The van der Waals surface area contributed by atoms with Crippen LogP contribution in [0, 0.1) is 11.8 Å². The number of hydrogen-bond donors (Lipinski definition) is 1. The minimum Gasteiger partial charge on any atom is -0.485 e. The number of carbonyl (C=O) groups is 2. The van der Waals surface area contributed by atoms with Crippen LogP contribution in [0.1, 0.15) is 49.4 Å². The molecule has 1 aromatic rings. The Balaban J connectivity index is 1.45. The largest absolute Gasteiger partial charge is 0.485 e. The predicted octanol–water partition coefficient (Wildman–Crippen LogP) is 2.31. The molecule has 2 amide bonds. The van der Waals surface area contributed by atoms with Crippen LogP contribution in [0.3, 0.4) is 0 Å². The molecule has 6 heteroatoms. The lowest BCUT2D eigenvalue weighted by Crippen LogP contribution is -2.51. The molecule has 0 bridgehead atoms. The molecule has 6 nitrogen and oxygen atoms in total. The molecule has 2 aliphatic heterocycles. The number of piperidine rings is 1. The number of likely N-dealkylation sites (N-methyl/N-ethyl adjacent to an activating group) is 1. The van der Waals surface area contributed by atoms with E-state index in [9.17, 15) is 14.7 Å². The molecule has 2 fully saturated rings. The predicted molar refractivity (Wildman–Crippen MR) is 105 cm³/mol. The molecule has 3 aliphatic rings. The lowest BCUT2D eigenvalue weighted by atomic mass is 9.77. The summed E-state index contributed by atoms with van der Waals surface area (Å²) in [4.78, 5) is 29.3. The van der Waals surface area contributed by atoms with E-state index in [0.717, 1.165) is 25.7 Å². The maximum atomic E-state index is 13.0. The molecule has 1 N–H and O–H groups in total. The van der Waals surface area contributed by atoms with E-state index in [0.29, 0.717) is 37.4 Å². The zero-order valence-electron chi connectivity index (χ0n) is 16.8. The monoisotopic (exact) mass is 386 g/mol. The molecule has 2 unspecified atom stereocenters. The smallest absolute Gasteiger partial charge is 0.257 e. The van der Waals surface area contributed by atoms with E-state index < -0.39 is 5.60 Å². The molecule has 28 heavy (non-hydrogen) atoms. The van der Waals surface area contributed by atoms with Crippen LogP contribution >= 0.6 is 0 Å². The number of hydrogen-bond acceptors (Lipinski definition) is 4. The molecule has 0 aromatic heterocycles. The van der Waals surface area contributed by atoms with Crippen molar-refractivity contribution in [1.29, 1.82) is 0 Å². The van der Waals surface area contributed by atoms with Crippen molar-refractivity contribution in [2.45, 2.75) is 50.7 Å². The first-order chi connectivity index (χ1) is 13.4. The number of rotatable bonds is 1. The summed E-state index contributed by atoms with van der Waals surface area (Å²) in [6.45, 7) is 3.84. The van der Waals surface area contributed by atoms with Gasteiger partial charge in [-0.3, -0.25) is 9.59 Å². The molecule has 152 valence electrons. The average Bonchev–Trinajstić information content (AvgIpc) is 2.79. The first-order valence-corrected chi connectivity index (χ1v) is 10.4. The number of ether oxygens (including phenoxy) is 1. The Hall–Kier alpha value is -2.08. The summed E-state index contributed by atoms with van der Waals surface area (Å²) in [7, 11) is 1.83. The van der Waals surface area contributed by atoms with Crippen LogP contribution in [0.25, 0.3) is 0 Å². The van der Waals surface area contributed by atoms with Crippen molar-refractivity contribution in [2.75, 3.05) is 26.7 Å². The van der Waals surface area contributed by atoms with Gasteiger partial charge in [0.2, 0.25) is 5.91 Å². The zero-order chi connectivity index (χ0) is 19.9. The van der Waals surface area contributed by atoms with Crippen LogP contribution in [-0.2, 0) is 4.79 Å². The van der Waals surface area contributed by atoms with Crippen LogP contribution < -0.4 is 4.74 Å². The molecule has 1 aliphatic carbocycles. The van der Waals surface area contributed by atoms with Crippen molar-refractivity contribution in [3.8, 4) is 5.75 Å². The number of likely N-dealkylation sites (tertiary alicyclic amines) is 1. The number of benzene rings is 1. The Labute approximate surface area is 166 Å². The SMILES string of the molecule is CC1CN(C(=O)C2CCC3(CC2)CN(C)C(=O)c2ccccc2O3)CCC1O. The van der Waals surface area contributed by atoms with Crippen LogP contribution in [0.15, 0.2) is 24.3 Å². The maximum absolute atomic E-state index is 13.0. The molecule has 1 saturated heterocycles. The highest BCUT2D eigenvalue weighted by Gasteiger charge is 2.44. The Bertz CT molecular complexity index is 757. The van der Waals surface area contributed by atoms with Crippen molar-refractivity contribution in [2.24, 2.45) is 11.8 Å². The minimum absolute atomic E-state index is 0.00784. The second-order valence-electron chi connectivity index (χ2n) is 8.83. The molecule has 2 atom stereocenters. The fourth-order valence-corrected chi connectivity index (χ4v) is 4.95. The highest BCUT2D eigenvalue weighted by Crippen LogP contribution is 2.40. The highest BCUT2D eigenvalue weighted by molar-refractivity contribution is 5.97. The van der Waals surface area contributed by atoms with E-state index in [2.05, 4.69) is 0 Å². The summed E-state index contributed by atoms with van der Waals surface area (Å²) in [6, 6.07) is 7.43. The van der Waals surface area contributed by atoms with Gasteiger partial charge in [-0.25, -0.2) is 0 Å². The van der Waals surface area contributed by atoms with E-state index in [1.807, 2.05) is 43.1 Å². The van der Waals surface area contributed by atoms with Gasteiger partial charge in [0.25, 0.3) is 5.91 Å². The molecule has 1 saturated carbocycles. The third-order valence-corrected chi connectivity index (χ3v) is 6.73. The summed E-state index contributed by atoms with van der Waals surface area (Å²) >= 11 is 0. The van der Waals surface area contributed by atoms with Gasteiger partial charge < -0.3 is 19.6 Å². The molecular weight excluding hydrogens is 356 g/mol. The fourth-order valence-electron chi connectivity index (χ4n) is 4.95. The third-order valence-electron chi connectivity index (χ3n) is 6.73. The number of amides is 2. The lowest BCUT2D eigenvalue weighted by Gasteiger charge is -2.42. The average molecular weight is 386 g/mol. The topological polar surface area (TPSA) is 70.1 Å². The molecule has 1 aromatic carbocycles. The van der Waals surface area contributed by atoms with Crippen molar-refractivity contribution in [3.05, 3.63) is 29.8 Å². The van der Waals surface area contributed by atoms with Gasteiger partial charge in [0.1, 0.15) is 11.4 Å². The quantitative estimate of drug-likeness (QED) is 0.804. The van der Waals surface area contributed by atoms with E-state index in [4.69, 9.17) is 4.74 Å². The van der Waals surface area contributed by atoms with Crippen LogP contribution in [0.2, 0.25) is 0 Å². The van der Waals surface area contributed by atoms with E-state index in [1.165, 1.54) is 0 Å². The van der Waals surface area contributed by atoms with E-state index in [-0.39, 0.29) is 29.8 Å². The van der Waals surface area contributed by atoms with Crippen molar-refractivity contribution in [1.82, 2.24) is 9.80 Å². The third kappa shape index (κ3) is 3.50. The van der Waals surface area contributed by atoms with Crippen molar-refractivity contribution < 1.29 is 19.4 Å². The van der Waals surface area contributed by atoms with Gasteiger partial charge in [-0.1, -0.05) is 19.1 Å². The van der Waals surface area contributed by atoms with Gasteiger partial charge in [0, 0.05) is 26.1 Å². The summed E-state index contributed by atoms with van der Waals surface area (Å²) < 4.78 is 6.41. The number of aliphatic hydroxyl groups excluding tert-OH is 1. The summed E-state index contributed by atoms with van der Waals surface area (Å²) in [6.07, 6.45) is 3.44. The Kier molecular flexibility index (Phi) is 5.08. The summed E-state index contributed by atoms with van der Waals surface area (Å²) in [5.41, 5.74) is 0.194. The number of aliphatic hydroxyl groups is 1. The van der Waals surface area contributed by atoms with Crippen LogP contribution in [0.5, 0.6) is 5.75 Å². The van der Waals surface area contributed by atoms with Gasteiger partial charge in [-0.05, 0) is 50.2 Å². The molecular formula is C22H30N2O4. The van der Waals surface area contributed by atoms with Crippen molar-refractivity contribution >= 4 is 11.8 Å². The van der Waals surface area contributed by atoms with Crippen LogP contribution in [-0.4, -0.2) is 65.1 Å². The van der Waals surface area contributed by atoms with Gasteiger partial charge in [-0.2, -0.15) is 0 Å². The number of para-hydroxylation sites is 1. The number of carbonyl (C=O) groups excluding carboxylic acids is 2. The highest BCUT2D eigenvalue weighted by atomic mass is 16.5. The molecule has 0 radical (unpaired) electrons. The Morgan fingerprint density at radius 2 is 1.93 bits per heavy atom. The molecule has 4 rings (SSSR count). The molecule has 1 spiro atoms. The normalized spacial score (nSPS) is 33.2. The van der Waals surface area contributed by atoms with Gasteiger partial charge in [0.15, 0.2) is 0 Å². The fraction of sp³-hybridized carbons (Fsp3) is 0.636. The maximum Gasteiger partial charge on any atom is 0.257 e. The Morgan fingerprint density at radius 3 is 2.64 bits per heavy atom. The number of fused-ring (bicyclic) bond motifs is 1.